The summed E-state index contributed by atoms with van der Waals surface area (Å²) in [5.74, 6) is 0.557. The van der Waals surface area contributed by atoms with Crippen LogP contribution in [-0.4, -0.2) is 20.1 Å². The number of hydrogen-bond donors (Lipinski definition) is 0. The van der Waals surface area contributed by atoms with Crippen LogP contribution in [-0.2, 0) is 12.8 Å². The predicted molar refractivity (Wildman–Crippen MR) is 69.1 cm³/mol. The van der Waals surface area contributed by atoms with Crippen LogP contribution in [0.15, 0.2) is 47.4 Å². The summed E-state index contributed by atoms with van der Waals surface area (Å²) in [6.07, 6.45) is 6.20. The van der Waals surface area contributed by atoms with Gasteiger partial charge in [0.2, 0.25) is 11.7 Å². The lowest BCUT2D eigenvalue weighted by molar-refractivity contribution is 0.378. The fraction of sp³-hybridized carbons (Fsp3) is 0.143. The number of rotatable bonds is 4. The van der Waals surface area contributed by atoms with Crippen LogP contribution in [0, 0.1) is 5.82 Å². The zero-order chi connectivity index (χ0) is 13.8. The first-order valence-electron chi connectivity index (χ1n) is 6.15. The van der Waals surface area contributed by atoms with Crippen molar-refractivity contribution in [2.24, 2.45) is 0 Å². The van der Waals surface area contributed by atoms with Gasteiger partial charge < -0.3 is 4.52 Å². The van der Waals surface area contributed by atoms with Crippen LogP contribution in [0.25, 0.3) is 11.4 Å². The maximum Gasteiger partial charge on any atom is 0.227 e. The number of benzene rings is 1. The summed E-state index contributed by atoms with van der Waals surface area (Å²) in [5.41, 5.74) is 1.46. The molecule has 0 saturated heterocycles. The molecular weight excluding hydrogens is 259 g/mol. The maximum atomic E-state index is 13.1. The van der Waals surface area contributed by atoms with Gasteiger partial charge in [-0.25, -0.2) is 4.39 Å². The van der Waals surface area contributed by atoms with Gasteiger partial charge in [-0.05, 0) is 18.6 Å². The van der Waals surface area contributed by atoms with E-state index < -0.39 is 0 Å². The topological polar surface area (TPSA) is 64.7 Å². The normalized spacial score (nSPS) is 10.7. The van der Waals surface area contributed by atoms with E-state index in [0.29, 0.717) is 30.1 Å². The van der Waals surface area contributed by atoms with E-state index >= 15 is 0 Å². The summed E-state index contributed by atoms with van der Waals surface area (Å²) < 4.78 is 18.3. The lowest BCUT2D eigenvalue weighted by Gasteiger charge is -1.95. The summed E-state index contributed by atoms with van der Waals surface area (Å²) in [6.45, 7) is 0. The average molecular weight is 270 g/mol. The van der Waals surface area contributed by atoms with Crippen LogP contribution in [0.2, 0.25) is 0 Å². The highest BCUT2D eigenvalue weighted by molar-refractivity contribution is 5.53. The summed E-state index contributed by atoms with van der Waals surface area (Å²) >= 11 is 0. The highest BCUT2D eigenvalue weighted by Gasteiger charge is 2.09. The van der Waals surface area contributed by atoms with E-state index in [4.69, 9.17) is 4.52 Å². The molecule has 0 radical (unpaired) electrons. The first-order valence-corrected chi connectivity index (χ1v) is 6.15. The average Bonchev–Trinajstić information content (AvgIpc) is 2.95. The smallest absolute Gasteiger partial charge is 0.227 e. The standard InChI is InChI=1S/C14H11FN4O/c15-11-3-1-2-10(8-11)14-18-13(20-19-14)5-4-12-9-16-6-7-17-12/h1-3,6-9H,4-5H2. The quantitative estimate of drug-likeness (QED) is 0.728. The lowest BCUT2D eigenvalue weighted by atomic mass is 10.2. The largest absolute Gasteiger partial charge is 0.339 e. The zero-order valence-corrected chi connectivity index (χ0v) is 10.5. The van der Waals surface area contributed by atoms with Gasteiger partial charge in [0.1, 0.15) is 5.82 Å². The Morgan fingerprint density at radius 3 is 2.90 bits per heavy atom. The van der Waals surface area contributed by atoms with Gasteiger partial charge in [-0.3, -0.25) is 9.97 Å². The number of halogens is 1. The second-order valence-corrected chi connectivity index (χ2v) is 4.22. The molecule has 0 amide bonds. The molecule has 6 heteroatoms. The highest BCUT2D eigenvalue weighted by atomic mass is 19.1. The minimum absolute atomic E-state index is 0.326. The van der Waals surface area contributed by atoms with Crippen LogP contribution < -0.4 is 0 Å². The molecule has 5 nitrogen and oxygen atoms in total. The third-order valence-electron chi connectivity index (χ3n) is 2.76. The SMILES string of the molecule is Fc1cccc(-c2noc(CCc3cnccn3)n2)c1. The second-order valence-electron chi connectivity index (χ2n) is 4.22. The van der Waals surface area contributed by atoms with E-state index in [-0.39, 0.29) is 5.82 Å². The minimum Gasteiger partial charge on any atom is -0.339 e. The molecule has 0 fully saturated rings. The lowest BCUT2D eigenvalue weighted by Crippen LogP contribution is -1.95. The molecule has 1 aromatic carbocycles. The number of aryl methyl sites for hydroxylation is 2. The molecule has 0 unspecified atom stereocenters. The van der Waals surface area contributed by atoms with Gasteiger partial charge in [0.05, 0.1) is 5.69 Å². The van der Waals surface area contributed by atoms with Gasteiger partial charge in [0.15, 0.2) is 0 Å². The molecule has 0 bridgehead atoms. The molecule has 0 aliphatic heterocycles. The molecule has 100 valence electrons. The highest BCUT2D eigenvalue weighted by Crippen LogP contribution is 2.17. The molecule has 0 saturated carbocycles. The predicted octanol–water partition coefficient (Wildman–Crippen LogP) is 2.45. The Kier molecular flexibility index (Phi) is 3.45. The first-order chi connectivity index (χ1) is 9.81. The van der Waals surface area contributed by atoms with Crippen molar-refractivity contribution in [2.45, 2.75) is 12.8 Å². The summed E-state index contributed by atoms with van der Waals surface area (Å²) in [6, 6.07) is 6.09. The molecule has 0 spiro atoms. The van der Waals surface area contributed by atoms with Crippen molar-refractivity contribution in [3.8, 4) is 11.4 Å². The third-order valence-corrected chi connectivity index (χ3v) is 2.76. The number of nitrogens with zero attached hydrogens (tertiary/aromatic N) is 4. The van der Waals surface area contributed by atoms with Gasteiger partial charge in [-0.1, -0.05) is 17.3 Å². The molecule has 0 N–H and O–H groups in total. The van der Waals surface area contributed by atoms with E-state index in [2.05, 4.69) is 20.1 Å². The molecule has 0 aliphatic rings. The van der Waals surface area contributed by atoms with Gasteiger partial charge in [0.25, 0.3) is 0 Å². The molecule has 0 atom stereocenters. The number of hydrogen-bond acceptors (Lipinski definition) is 5. The van der Waals surface area contributed by atoms with E-state index in [1.165, 1.54) is 12.1 Å². The summed E-state index contributed by atoms with van der Waals surface area (Å²) in [4.78, 5) is 12.4. The Morgan fingerprint density at radius 1 is 1.15 bits per heavy atom. The minimum atomic E-state index is -0.326. The van der Waals surface area contributed by atoms with Gasteiger partial charge in [0, 0.05) is 30.6 Å². The van der Waals surface area contributed by atoms with Crippen molar-refractivity contribution >= 4 is 0 Å². The van der Waals surface area contributed by atoms with Gasteiger partial charge in [-0.2, -0.15) is 4.98 Å². The van der Waals surface area contributed by atoms with Crippen LogP contribution in [0.3, 0.4) is 0 Å². The Labute approximate surface area is 114 Å². The van der Waals surface area contributed by atoms with Gasteiger partial charge in [-0.15, -0.1) is 0 Å². The molecule has 0 aliphatic carbocycles. The fourth-order valence-electron chi connectivity index (χ4n) is 1.80. The van der Waals surface area contributed by atoms with Crippen molar-refractivity contribution in [3.05, 3.63) is 60.3 Å². The molecular formula is C14H11FN4O. The van der Waals surface area contributed by atoms with Crippen molar-refractivity contribution in [2.75, 3.05) is 0 Å². The zero-order valence-electron chi connectivity index (χ0n) is 10.5. The Bertz CT molecular complexity index is 699. The molecule has 3 rings (SSSR count). The molecule has 2 heterocycles. The molecule has 3 aromatic rings. The monoisotopic (exact) mass is 270 g/mol. The van der Waals surface area contributed by atoms with Gasteiger partial charge >= 0.3 is 0 Å². The maximum absolute atomic E-state index is 13.1. The van der Waals surface area contributed by atoms with Crippen molar-refractivity contribution < 1.29 is 8.91 Å². The van der Waals surface area contributed by atoms with Crippen LogP contribution in [0.1, 0.15) is 11.6 Å². The summed E-state index contributed by atoms with van der Waals surface area (Å²) in [5, 5.41) is 3.85. The number of aromatic nitrogens is 4. The Balaban J connectivity index is 1.71. The Hall–Kier alpha value is -2.63. The Morgan fingerprint density at radius 2 is 2.10 bits per heavy atom. The van der Waals surface area contributed by atoms with Crippen molar-refractivity contribution in [1.29, 1.82) is 0 Å². The van der Waals surface area contributed by atoms with E-state index in [0.717, 1.165) is 5.69 Å². The van der Waals surface area contributed by atoms with Crippen molar-refractivity contribution in [1.82, 2.24) is 20.1 Å². The van der Waals surface area contributed by atoms with E-state index in [9.17, 15) is 4.39 Å². The first kappa shape index (κ1) is 12.4. The van der Waals surface area contributed by atoms with E-state index in [1.54, 1.807) is 30.7 Å². The van der Waals surface area contributed by atoms with E-state index in [1.807, 2.05) is 0 Å². The molecule has 20 heavy (non-hydrogen) atoms. The third kappa shape index (κ3) is 2.85. The van der Waals surface area contributed by atoms with Crippen LogP contribution >= 0.6 is 0 Å². The van der Waals surface area contributed by atoms with Crippen LogP contribution in [0.4, 0.5) is 4.39 Å². The van der Waals surface area contributed by atoms with Crippen molar-refractivity contribution in [3.63, 3.8) is 0 Å². The molecule has 2 aromatic heterocycles. The summed E-state index contributed by atoms with van der Waals surface area (Å²) in [7, 11) is 0. The van der Waals surface area contributed by atoms with Crippen LogP contribution in [0.5, 0.6) is 0 Å². The fourth-order valence-corrected chi connectivity index (χ4v) is 1.80. The second kappa shape index (κ2) is 5.56.